The predicted octanol–water partition coefficient (Wildman–Crippen LogP) is 2.47. The highest BCUT2D eigenvalue weighted by Crippen LogP contribution is 2.14. The Morgan fingerprint density at radius 3 is 2.37 bits per heavy atom. The zero-order valence-corrected chi connectivity index (χ0v) is 12.0. The molecule has 0 saturated carbocycles. The Kier molecular flexibility index (Phi) is 5.08. The summed E-state index contributed by atoms with van der Waals surface area (Å²) >= 11 is 0. The van der Waals surface area contributed by atoms with Crippen LogP contribution in [0.3, 0.4) is 0 Å². The summed E-state index contributed by atoms with van der Waals surface area (Å²) in [4.78, 5) is 13.8. The smallest absolute Gasteiger partial charge is 0.238 e. The molecule has 1 aromatic rings. The summed E-state index contributed by atoms with van der Waals surface area (Å²) in [5, 5.41) is 11.5. The van der Waals surface area contributed by atoms with E-state index in [4.69, 9.17) is 5.26 Å². The Morgan fingerprint density at radius 2 is 1.89 bits per heavy atom. The maximum atomic E-state index is 11.8. The van der Waals surface area contributed by atoms with Gasteiger partial charge in [-0.05, 0) is 36.7 Å². The van der Waals surface area contributed by atoms with Crippen LogP contribution in [0.4, 0.5) is 5.69 Å². The number of benzene rings is 1. The van der Waals surface area contributed by atoms with Gasteiger partial charge in [0.1, 0.15) is 0 Å². The topological polar surface area (TPSA) is 56.1 Å². The molecule has 0 bridgehead atoms. The fourth-order valence-electron chi connectivity index (χ4n) is 1.94. The van der Waals surface area contributed by atoms with Crippen LogP contribution in [-0.4, -0.2) is 30.9 Å². The Hall–Kier alpha value is -1.86. The van der Waals surface area contributed by atoms with Gasteiger partial charge in [0.2, 0.25) is 5.91 Å². The number of hydrogen-bond acceptors (Lipinski definition) is 3. The van der Waals surface area contributed by atoms with Gasteiger partial charge in [-0.15, -0.1) is 0 Å². The molecule has 0 fully saturated rings. The average molecular weight is 259 g/mol. The number of nitrogens with one attached hydrogen (secondary N) is 1. The van der Waals surface area contributed by atoms with Gasteiger partial charge < -0.3 is 5.32 Å². The second kappa shape index (κ2) is 6.35. The molecular weight excluding hydrogens is 238 g/mol. The number of hydrogen-bond donors (Lipinski definition) is 1. The lowest BCUT2D eigenvalue weighted by Gasteiger charge is -2.25. The van der Waals surface area contributed by atoms with E-state index in [1.165, 1.54) is 0 Å². The first-order valence-electron chi connectivity index (χ1n) is 6.29. The number of nitriles is 1. The third-order valence-electron chi connectivity index (χ3n) is 2.46. The molecule has 1 aromatic carbocycles. The first-order chi connectivity index (χ1) is 8.80. The van der Waals surface area contributed by atoms with Gasteiger partial charge in [-0.25, -0.2) is 0 Å². The van der Waals surface area contributed by atoms with Gasteiger partial charge in [0.25, 0.3) is 0 Å². The standard InChI is InChI=1S/C15H21N3O/c1-15(2,3)11-18(4)10-14(19)17-13-7-5-12(9-16)6-8-13/h5-8H,10-11H2,1-4H3,(H,17,19). The summed E-state index contributed by atoms with van der Waals surface area (Å²) in [6.45, 7) is 7.64. The number of likely N-dealkylation sites (N-methyl/N-ethyl adjacent to an activating group) is 1. The molecule has 0 radical (unpaired) electrons. The van der Waals surface area contributed by atoms with E-state index in [9.17, 15) is 4.79 Å². The van der Waals surface area contributed by atoms with E-state index in [1.54, 1.807) is 24.3 Å². The van der Waals surface area contributed by atoms with Gasteiger partial charge in [-0.3, -0.25) is 9.69 Å². The lowest BCUT2D eigenvalue weighted by atomic mass is 9.96. The number of anilines is 1. The van der Waals surface area contributed by atoms with Gasteiger partial charge in [0, 0.05) is 12.2 Å². The van der Waals surface area contributed by atoms with Crippen molar-refractivity contribution in [1.82, 2.24) is 4.90 Å². The third-order valence-corrected chi connectivity index (χ3v) is 2.46. The quantitative estimate of drug-likeness (QED) is 0.903. The Bertz CT molecular complexity index is 466. The normalized spacial score (nSPS) is 11.2. The van der Waals surface area contributed by atoms with Crippen LogP contribution in [0.1, 0.15) is 26.3 Å². The van der Waals surface area contributed by atoms with E-state index in [2.05, 4.69) is 26.1 Å². The number of amides is 1. The van der Waals surface area contributed by atoms with Gasteiger partial charge in [0.15, 0.2) is 0 Å². The molecule has 4 nitrogen and oxygen atoms in total. The first kappa shape index (κ1) is 15.2. The van der Waals surface area contributed by atoms with E-state index in [0.717, 1.165) is 6.54 Å². The molecule has 0 heterocycles. The largest absolute Gasteiger partial charge is 0.325 e. The fraction of sp³-hybridized carbons (Fsp3) is 0.467. The maximum absolute atomic E-state index is 11.8. The van der Waals surface area contributed by atoms with Crippen molar-refractivity contribution >= 4 is 11.6 Å². The Labute approximate surface area is 115 Å². The van der Waals surface area contributed by atoms with Crippen LogP contribution in [0.15, 0.2) is 24.3 Å². The highest BCUT2D eigenvalue weighted by Gasteiger charge is 2.15. The van der Waals surface area contributed by atoms with Crippen molar-refractivity contribution in [3.8, 4) is 6.07 Å². The molecular formula is C15H21N3O. The SMILES string of the molecule is CN(CC(=O)Nc1ccc(C#N)cc1)CC(C)(C)C. The summed E-state index contributed by atoms with van der Waals surface area (Å²) < 4.78 is 0. The second-order valence-electron chi connectivity index (χ2n) is 5.97. The minimum Gasteiger partial charge on any atom is -0.325 e. The number of carbonyl (C=O) groups is 1. The molecule has 0 aliphatic rings. The zero-order chi connectivity index (χ0) is 14.5. The average Bonchev–Trinajstić information content (AvgIpc) is 2.27. The van der Waals surface area contributed by atoms with Crippen LogP contribution >= 0.6 is 0 Å². The lowest BCUT2D eigenvalue weighted by molar-refractivity contribution is -0.117. The Morgan fingerprint density at radius 1 is 1.32 bits per heavy atom. The molecule has 0 aliphatic heterocycles. The van der Waals surface area contributed by atoms with Crippen molar-refractivity contribution < 1.29 is 4.79 Å². The molecule has 4 heteroatoms. The number of rotatable bonds is 4. The molecule has 0 saturated heterocycles. The van der Waals surface area contributed by atoms with Crippen molar-refractivity contribution in [3.05, 3.63) is 29.8 Å². The number of carbonyl (C=O) groups excluding carboxylic acids is 1. The van der Waals surface area contributed by atoms with Gasteiger partial charge in [0.05, 0.1) is 18.2 Å². The van der Waals surface area contributed by atoms with E-state index >= 15 is 0 Å². The Balaban J connectivity index is 2.49. The van der Waals surface area contributed by atoms with E-state index < -0.39 is 0 Å². The number of nitrogens with zero attached hydrogens (tertiary/aromatic N) is 2. The predicted molar refractivity (Wildman–Crippen MR) is 76.7 cm³/mol. The molecule has 0 aliphatic carbocycles. The molecule has 1 N–H and O–H groups in total. The maximum Gasteiger partial charge on any atom is 0.238 e. The molecule has 19 heavy (non-hydrogen) atoms. The molecule has 1 rings (SSSR count). The van der Waals surface area contributed by atoms with Gasteiger partial charge in [-0.2, -0.15) is 5.26 Å². The first-order valence-corrected chi connectivity index (χ1v) is 6.29. The van der Waals surface area contributed by atoms with Crippen LogP contribution in [0, 0.1) is 16.7 Å². The summed E-state index contributed by atoms with van der Waals surface area (Å²) in [5.74, 6) is -0.0449. The third kappa shape index (κ3) is 6.03. The molecule has 1 amide bonds. The molecule has 0 aromatic heterocycles. The van der Waals surface area contributed by atoms with Crippen LogP contribution in [0.2, 0.25) is 0 Å². The molecule has 0 atom stereocenters. The highest BCUT2D eigenvalue weighted by atomic mass is 16.2. The van der Waals surface area contributed by atoms with Crippen LogP contribution in [-0.2, 0) is 4.79 Å². The van der Waals surface area contributed by atoms with E-state index in [-0.39, 0.29) is 11.3 Å². The van der Waals surface area contributed by atoms with Crippen molar-refractivity contribution in [2.75, 3.05) is 25.5 Å². The van der Waals surface area contributed by atoms with Crippen LogP contribution < -0.4 is 5.32 Å². The summed E-state index contributed by atoms with van der Waals surface area (Å²) in [6, 6.07) is 8.90. The molecule has 0 spiro atoms. The highest BCUT2D eigenvalue weighted by molar-refractivity contribution is 5.92. The zero-order valence-electron chi connectivity index (χ0n) is 12.0. The van der Waals surface area contributed by atoms with Crippen molar-refractivity contribution in [1.29, 1.82) is 5.26 Å². The van der Waals surface area contributed by atoms with Crippen molar-refractivity contribution in [3.63, 3.8) is 0 Å². The van der Waals surface area contributed by atoms with Crippen molar-refractivity contribution in [2.24, 2.45) is 5.41 Å². The van der Waals surface area contributed by atoms with E-state index in [1.807, 2.05) is 18.0 Å². The summed E-state index contributed by atoms with van der Waals surface area (Å²) in [5.41, 5.74) is 1.47. The summed E-state index contributed by atoms with van der Waals surface area (Å²) in [6.07, 6.45) is 0. The van der Waals surface area contributed by atoms with Crippen LogP contribution in [0.5, 0.6) is 0 Å². The van der Waals surface area contributed by atoms with Crippen LogP contribution in [0.25, 0.3) is 0 Å². The monoisotopic (exact) mass is 259 g/mol. The fourth-order valence-corrected chi connectivity index (χ4v) is 1.94. The van der Waals surface area contributed by atoms with Gasteiger partial charge in [-0.1, -0.05) is 20.8 Å². The summed E-state index contributed by atoms with van der Waals surface area (Å²) in [7, 11) is 1.93. The second-order valence-corrected chi connectivity index (χ2v) is 5.97. The molecule has 102 valence electrons. The van der Waals surface area contributed by atoms with Gasteiger partial charge >= 0.3 is 0 Å². The van der Waals surface area contributed by atoms with E-state index in [0.29, 0.717) is 17.8 Å². The van der Waals surface area contributed by atoms with Crippen molar-refractivity contribution in [2.45, 2.75) is 20.8 Å². The lowest BCUT2D eigenvalue weighted by Crippen LogP contribution is -2.35. The minimum absolute atomic E-state index is 0.0449. The molecule has 0 unspecified atom stereocenters. The minimum atomic E-state index is -0.0449.